The number of carbonyl (C=O) groups is 7. The first kappa shape index (κ1) is 50.1. The van der Waals surface area contributed by atoms with Crippen LogP contribution in [0.15, 0.2) is 60.8 Å². The first-order valence-corrected chi connectivity index (χ1v) is 22.7. The molecule has 1 aromatic heterocycles. The van der Waals surface area contributed by atoms with Gasteiger partial charge in [0.25, 0.3) is 0 Å². The Labute approximate surface area is 378 Å². The molecule has 3 heterocycles. The van der Waals surface area contributed by atoms with E-state index in [4.69, 9.17) is 16.6 Å². The maximum Gasteiger partial charge on any atom is 0.305 e. The molecule has 0 unspecified atom stereocenters. The zero-order chi connectivity index (χ0) is 46.7. The molecule has 0 bridgehead atoms. The van der Waals surface area contributed by atoms with Crippen LogP contribution in [0.1, 0.15) is 75.3 Å². The lowest BCUT2D eigenvalue weighted by molar-refractivity contribution is -0.140. The van der Waals surface area contributed by atoms with Crippen LogP contribution in [0.25, 0.3) is 10.9 Å². The average molecular weight is 903 g/mol. The lowest BCUT2D eigenvalue weighted by Crippen LogP contribution is -2.57. The van der Waals surface area contributed by atoms with Crippen LogP contribution in [-0.2, 0) is 46.4 Å². The number of rotatable bonds is 25. The maximum atomic E-state index is 14.0. The van der Waals surface area contributed by atoms with Crippen molar-refractivity contribution >= 4 is 52.4 Å². The number of fused-ring (bicyclic) bond motifs is 1. The molecule has 19 heteroatoms. The van der Waals surface area contributed by atoms with Gasteiger partial charge in [-0.3, -0.25) is 33.6 Å². The predicted octanol–water partition coefficient (Wildman–Crippen LogP) is 0.172. The molecule has 2 aromatic carbocycles. The first-order chi connectivity index (χ1) is 31.3. The zero-order valence-corrected chi connectivity index (χ0v) is 36.8. The quantitative estimate of drug-likeness (QED) is 0.0541. The standard InChI is InChI=1S/C46H66N10O9/c47-16-6-9-30(52-41(58)23-33(55-45(64)35-26-49-17-14-37(35)48)20-29-25-51-38-11-5-4-10-34(29)38)21-42(59)56-39-15-18-50-27-36(39)46(65)54-32(19-28-7-2-1-3-8-28)22-40(57)53-31(24-44(62)63)12-13-43(60)61/h1-5,7-8,10-11,25,30-33,35-37,39,49-51H,6,9,12-24,26-27,47-48H2,(H,52,58)(H,53,57)(H,54,65)(H,55,64)(H,56,59)(H,60,61)(H,62,63)/t30-,31-,32-,33-,35+,36+,37+,39+/m0/s1. The molecule has 14 N–H and O–H groups in total. The van der Waals surface area contributed by atoms with E-state index in [1.54, 1.807) is 0 Å². The number of para-hydroxylation sites is 1. The van der Waals surface area contributed by atoms with Crippen molar-refractivity contribution in [1.82, 2.24) is 42.2 Å². The number of nitrogens with one attached hydrogen (secondary N) is 8. The van der Waals surface area contributed by atoms with Crippen LogP contribution in [0, 0.1) is 11.8 Å². The summed E-state index contributed by atoms with van der Waals surface area (Å²) < 4.78 is 0. The highest BCUT2D eigenvalue weighted by Gasteiger charge is 2.35. The number of nitrogens with two attached hydrogens (primary N) is 2. The van der Waals surface area contributed by atoms with Gasteiger partial charge in [-0.05, 0) is 81.8 Å². The Morgan fingerprint density at radius 1 is 0.662 bits per heavy atom. The summed E-state index contributed by atoms with van der Waals surface area (Å²) in [7, 11) is 0. The SMILES string of the molecule is NCCC[C@@H](CC(=O)N[C@@H]1CCNC[C@H]1C(=O)N[C@H](CC(=O)N[C@@H](CCC(=O)O)CC(=O)O)Cc1ccccc1)NC(=O)C[C@H](Cc1c[nH]c2ccccc12)NC(=O)[C@@H]1CNCC[C@H]1N. The highest BCUT2D eigenvalue weighted by atomic mass is 16.4. The second kappa shape index (κ2) is 25.6. The third kappa shape index (κ3) is 16.6. The summed E-state index contributed by atoms with van der Waals surface area (Å²) in [6.45, 7) is 2.28. The Morgan fingerprint density at radius 2 is 1.26 bits per heavy atom. The molecule has 354 valence electrons. The van der Waals surface area contributed by atoms with Crippen molar-refractivity contribution in [3.05, 3.63) is 71.9 Å². The van der Waals surface area contributed by atoms with Gasteiger partial charge < -0.3 is 63.9 Å². The summed E-state index contributed by atoms with van der Waals surface area (Å²) in [5.74, 6) is -5.37. The van der Waals surface area contributed by atoms with Gasteiger partial charge >= 0.3 is 11.9 Å². The predicted molar refractivity (Wildman–Crippen MR) is 243 cm³/mol. The molecule has 0 saturated carbocycles. The van der Waals surface area contributed by atoms with E-state index in [1.165, 1.54) is 0 Å². The number of amides is 5. The van der Waals surface area contributed by atoms with E-state index in [2.05, 4.69) is 42.2 Å². The second-order valence-electron chi connectivity index (χ2n) is 17.3. The van der Waals surface area contributed by atoms with E-state index in [1.807, 2.05) is 60.8 Å². The molecular weight excluding hydrogens is 837 g/mol. The highest BCUT2D eigenvalue weighted by molar-refractivity contribution is 5.86. The fourth-order valence-corrected chi connectivity index (χ4v) is 8.74. The molecule has 2 saturated heterocycles. The minimum absolute atomic E-state index is 0.0529. The van der Waals surface area contributed by atoms with Crippen LogP contribution in [0.3, 0.4) is 0 Å². The van der Waals surface area contributed by atoms with Gasteiger partial charge in [-0.1, -0.05) is 48.5 Å². The number of piperidine rings is 2. The van der Waals surface area contributed by atoms with E-state index in [-0.39, 0.29) is 68.8 Å². The molecule has 65 heavy (non-hydrogen) atoms. The Balaban J connectivity index is 1.23. The van der Waals surface area contributed by atoms with Gasteiger partial charge in [0, 0.05) is 92.1 Å². The number of carbonyl (C=O) groups excluding carboxylic acids is 5. The Morgan fingerprint density at radius 3 is 1.92 bits per heavy atom. The number of hydrogen-bond acceptors (Lipinski definition) is 11. The topological polar surface area (TPSA) is 312 Å². The highest BCUT2D eigenvalue weighted by Crippen LogP contribution is 2.21. The van der Waals surface area contributed by atoms with Crippen molar-refractivity contribution in [1.29, 1.82) is 0 Å². The van der Waals surface area contributed by atoms with Crippen LogP contribution < -0.4 is 48.7 Å². The third-order valence-corrected chi connectivity index (χ3v) is 12.1. The van der Waals surface area contributed by atoms with E-state index < -0.39 is 72.2 Å². The van der Waals surface area contributed by atoms with Crippen LogP contribution >= 0.6 is 0 Å². The molecule has 5 amide bonds. The van der Waals surface area contributed by atoms with Gasteiger partial charge in [0.15, 0.2) is 0 Å². The lowest BCUT2D eigenvalue weighted by Gasteiger charge is -2.33. The molecule has 2 aliphatic rings. The zero-order valence-electron chi connectivity index (χ0n) is 36.8. The van der Waals surface area contributed by atoms with E-state index in [0.717, 1.165) is 28.6 Å². The summed E-state index contributed by atoms with van der Waals surface area (Å²) in [6, 6.07) is 13.3. The lowest BCUT2D eigenvalue weighted by atomic mass is 9.91. The smallest absolute Gasteiger partial charge is 0.305 e. The molecule has 19 nitrogen and oxygen atoms in total. The first-order valence-electron chi connectivity index (χ1n) is 22.7. The molecule has 2 fully saturated rings. The summed E-state index contributed by atoms with van der Waals surface area (Å²) >= 11 is 0. The van der Waals surface area contributed by atoms with E-state index in [9.17, 15) is 38.7 Å². The van der Waals surface area contributed by atoms with Crippen LogP contribution in [0.2, 0.25) is 0 Å². The van der Waals surface area contributed by atoms with E-state index >= 15 is 0 Å². The molecule has 0 aliphatic carbocycles. The summed E-state index contributed by atoms with van der Waals surface area (Å²) in [6.07, 6.45) is 3.37. The molecule has 0 spiro atoms. The minimum Gasteiger partial charge on any atom is -0.481 e. The molecule has 2 aliphatic heterocycles. The van der Waals surface area contributed by atoms with Gasteiger partial charge in [0.2, 0.25) is 29.5 Å². The van der Waals surface area contributed by atoms with Crippen molar-refractivity contribution in [2.45, 2.75) is 113 Å². The maximum absolute atomic E-state index is 14.0. The third-order valence-electron chi connectivity index (χ3n) is 12.1. The molecule has 0 radical (unpaired) electrons. The number of aromatic amines is 1. The van der Waals surface area contributed by atoms with Crippen molar-refractivity contribution < 1.29 is 43.8 Å². The molecule has 8 atom stereocenters. The Bertz CT molecular complexity index is 2070. The normalized spacial score (nSPS) is 20.3. The molecular formula is C46H66N10O9. The van der Waals surface area contributed by atoms with Gasteiger partial charge in [0.1, 0.15) is 0 Å². The van der Waals surface area contributed by atoms with Gasteiger partial charge in [-0.25, -0.2) is 0 Å². The fraction of sp³-hybridized carbons (Fsp3) is 0.543. The molecule has 3 aromatic rings. The fourth-order valence-electron chi connectivity index (χ4n) is 8.74. The van der Waals surface area contributed by atoms with Gasteiger partial charge in [0.05, 0.1) is 18.3 Å². The van der Waals surface area contributed by atoms with Crippen LogP contribution in [-0.4, -0.2) is 126 Å². The minimum atomic E-state index is -1.19. The number of carboxylic acids is 2. The molecule has 5 rings (SSSR count). The number of hydrogen-bond donors (Lipinski definition) is 12. The number of aromatic nitrogens is 1. The van der Waals surface area contributed by atoms with Gasteiger partial charge in [-0.2, -0.15) is 0 Å². The van der Waals surface area contributed by atoms with Crippen LogP contribution in [0.4, 0.5) is 0 Å². The monoisotopic (exact) mass is 903 g/mol. The largest absolute Gasteiger partial charge is 0.481 e. The van der Waals surface area contributed by atoms with Crippen molar-refractivity contribution in [2.75, 3.05) is 32.7 Å². The number of aliphatic carboxylic acids is 2. The van der Waals surface area contributed by atoms with E-state index in [0.29, 0.717) is 51.7 Å². The van der Waals surface area contributed by atoms with Crippen LogP contribution in [0.5, 0.6) is 0 Å². The number of carboxylic acid groups (broad SMARTS) is 2. The Kier molecular flexibility index (Phi) is 19.7. The number of benzene rings is 2. The summed E-state index contributed by atoms with van der Waals surface area (Å²) in [5, 5.41) is 40.7. The summed E-state index contributed by atoms with van der Waals surface area (Å²) in [4.78, 5) is 94.3. The summed E-state index contributed by atoms with van der Waals surface area (Å²) in [5.41, 5.74) is 14.9. The average Bonchev–Trinajstić information content (AvgIpc) is 3.67. The van der Waals surface area contributed by atoms with Crippen molar-refractivity contribution in [3.8, 4) is 0 Å². The van der Waals surface area contributed by atoms with Crippen molar-refractivity contribution in [2.24, 2.45) is 23.3 Å². The second-order valence-corrected chi connectivity index (χ2v) is 17.3. The Hall–Kier alpha value is -5.89. The number of H-pyrrole nitrogens is 1. The van der Waals surface area contributed by atoms with Crippen molar-refractivity contribution in [3.63, 3.8) is 0 Å². The van der Waals surface area contributed by atoms with Gasteiger partial charge in [-0.15, -0.1) is 0 Å².